The van der Waals surface area contributed by atoms with Gasteiger partial charge in [-0.15, -0.1) is 0 Å². The summed E-state index contributed by atoms with van der Waals surface area (Å²) in [5.74, 6) is -0.712. The summed E-state index contributed by atoms with van der Waals surface area (Å²) in [6, 6.07) is -1.12. The largest absolute Gasteiger partial charge is 0.368 e. The lowest BCUT2D eigenvalue weighted by Crippen LogP contribution is -2.78. The highest BCUT2D eigenvalue weighted by Gasteiger charge is 2.20. The van der Waals surface area contributed by atoms with Crippen LogP contribution >= 0.6 is 0 Å². The minimum atomic E-state index is -0.683. The number of quaternary nitrogens is 1. The first-order valence-electron chi connectivity index (χ1n) is 5.39. The van der Waals surface area contributed by atoms with Crippen molar-refractivity contribution in [3.63, 3.8) is 0 Å². The van der Waals surface area contributed by atoms with Gasteiger partial charge in [-0.3, -0.25) is 26.0 Å². The summed E-state index contributed by atoms with van der Waals surface area (Å²) < 4.78 is 0. The van der Waals surface area contributed by atoms with Crippen molar-refractivity contribution in [2.75, 3.05) is 6.54 Å². The second kappa shape index (κ2) is 7.44. The number of nitrogens with two attached hydrogens (primary N) is 3. The van der Waals surface area contributed by atoms with Crippen molar-refractivity contribution < 1.29 is 20.3 Å². The number of amides is 2. The molecule has 0 radical (unpaired) electrons. The second-order valence-electron chi connectivity index (χ2n) is 3.85. The molecule has 0 aromatic rings. The standard InChI is InChI=1S/C9H20N6O2/c1-5(7(11)16)15-8(17)6(10)3-2-4-14-9(12)13/h5-6H,2-4,10H2,1H3,(H2,11,16)(H,15,17)(H4,12,13,14)/p+2/t5-,6-/m0/s1. The van der Waals surface area contributed by atoms with Gasteiger partial charge in [-0.05, 0) is 13.3 Å². The summed E-state index contributed by atoms with van der Waals surface area (Å²) in [5.41, 5.74) is 19.1. The summed E-state index contributed by atoms with van der Waals surface area (Å²) in [6.07, 6.45) is 1.27. The molecule has 0 saturated carbocycles. The van der Waals surface area contributed by atoms with E-state index in [0.29, 0.717) is 19.4 Å². The SMILES string of the molecule is C[C@H](NC(=O)[C@@H]([NH3+])CCC[NH+]=C(N)N)C(N)=O. The highest BCUT2D eigenvalue weighted by Crippen LogP contribution is 1.91. The molecule has 2 atom stereocenters. The molecule has 8 nitrogen and oxygen atoms in total. The van der Waals surface area contributed by atoms with Crippen LogP contribution in [0, 0.1) is 0 Å². The second-order valence-corrected chi connectivity index (χ2v) is 3.85. The lowest BCUT2D eigenvalue weighted by molar-refractivity contribution is -0.463. The number of hydrogen-bond donors (Lipinski definition) is 6. The van der Waals surface area contributed by atoms with Crippen molar-refractivity contribution in [2.45, 2.75) is 31.8 Å². The van der Waals surface area contributed by atoms with E-state index in [1.165, 1.54) is 6.92 Å². The van der Waals surface area contributed by atoms with E-state index in [0.717, 1.165) is 0 Å². The van der Waals surface area contributed by atoms with Crippen LogP contribution in [-0.2, 0) is 9.59 Å². The van der Waals surface area contributed by atoms with Crippen LogP contribution in [0.25, 0.3) is 0 Å². The normalized spacial score (nSPS) is 13.5. The molecule has 0 aromatic heterocycles. The Bertz CT molecular complexity index is 300. The summed E-state index contributed by atoms with van der Waals surface area (Å²) in [5, 5.41) is 2.48. The van der Waals surface area contributed by atoms with Gasteiger partial charge in [0.1, 0.15) is 6.04 Å². The lowest BCUT2D eigenvalue weighted by atomic mass is 10.1. The van der Waals surface area contributed by atoms with Crippen LogP contribution in [-0.4, -0.2) is 36.4 Å². The lowest BCUT2D eigenvalue weighted by Gasteiger charge is -2.12. The fraction of sp³-hybridized carbons (Fsp3) is 0.667. The van der Waals surface area contributed by atoms with Gasteiger partial charge in [-0.25, -0.2) is 0 Å². The van der Waals surface area contributed by atoms with Crippen LogP contribution in [0.3, 0.4) is 0 Å². The van der Waals surface area contributed by atoms with Crippen LogP contribution in [0.2, 0.25) is 0 Å². The molecule has 0 bridgehead atoms. The highest BCUT2D eigenvalue weighted by molar-refractivity contribution is 5.87. The maximum atomic E-state index is 11.5. The molecule has 17 heavy (non-hydrogen) atoms. The van der Waals surface area contributed by atoms with E-state index in [1.54, 1.807) is 0 Å². The Balaban J connectivity index is 3.90. The summed E-state index contributed by atoms with van der Waals surface area (Å²) in [7, 11) is 0. The van der Waals surface area contributed by atoms with Crippen LogP contribution in [0.1, 0.15) is 19.8 Å². The van der Waals surface area contributed by atoms with Crippen molar-refractivity contribution in [2.24, 2.45) is 17.2 Å². The minimum absolute atomic E-state index is 0.150. The molecule has 0 rings (SSSR count). The van der Waals surface area contributed by atoms with Gasteiger partial charge in [0.05, 0.1) is 6.54 Å². The van der Waals surface area contributed by atoms with E-state index in [9.17, 15) is 9.59 Å². The Labute approximate surface area is 99.8 Å². The Morgan fingerprint density at radius 2 is 1.94 bits per heavy atom. The maximum Gasteiger partial charge on any atom is 0.338 e. The zero-order chi connectivity index (χ0) is 13.4. The fourth-order valence-corrected chi connectivity index (χ4v) is 1.11. The van der Waals surface area contributed by atoms with Crippen LogP contribution in [0.15, 0.2) is 0 Å². The maximum absolute atomic E-state index is 11.5. The molecular weight excluding hydrogens is 224 g/mol. The van der Waals surface area contributed by atoms with Crippen LogP contribution in [0.5, 0.6) is 0 Å². The molecule has 0 aliphatic heterocycles. The van der Waals surface area contributed by atoms with Gasteiger partial charge in [0, 0.05) is 6.42 Å². The van der Waals surface area contributed by atoms with E-state index in [-0.39, 0.29) is 11.9 Å². The summed E-state index contributed by atoms with van der Waals surface area (Å²) in [4.78, 5) is 25.0. The van der Waals surface area contributed by atoms with Crippen molar-refractivity contribution in [1.29, 1.82) is 0 Å². The highest BCUT2D eigenvalue weighted by atomic mass is 16.2. The molecule has 0 unspecified atom stereocenters. The molecule has 0 fully saturated rings. The molecule has 0 saturated heterocycles. The van der Waals surface area contributed by atoms with Gasteiger partial charge >= 0.3 is 5.96 Å². The average Bonchev–Trinajstić information content (AvgIpc) is 2.23. The first-order valence-corrected chi connectivity index (χ1v) is 5.39. The van der Waals surface area contributed by atoms with Crippen molar-refractivity contribution >= 4 is 17.8 Å². The smallest absolute Gasteiger partial charge is 0.338 e. The van der Waals surface area contributed by atoms with Crippen molar-refractivity contribution in [3.8, 4) is 0 Å². The first kappa shape index (κ1) is 15.2. The van der Waals surface area contributed by atoms with E-state index in [2.05, 4.69) is 16.0 Å². The Hall–Kier alpha value is -1.83. The van der Waals surface area contributed by atoms with Gasteiger partial charge in [0.25, 0.3) is 5.91 Å². The summed E-state index contributed by atoms with van der Waals surface area (Å²) >= 11 is 0. The number of carbonyl (C=O) groups excluding carboxylic acids is 2. The molecule has 8 heteroatoms. The third kappa shape index (κ3) is 7.12. The average molecular weight is 246 g/mol. The van der Waals surface area contributed by atoms with Gasteiger partial charge in [0.15, 0.2) is 6.04 Å². The van der Waals surface area contributed by atoms with Crippen molar-refractivity contribution in [1.82, 2.24) is 5.32 Å². The third-order valence-corrected chi connectivity index (χ3v) is 2.21. The molecule has 2 amide bonds. The predicted molar refractivity (Wildman–Crippen MR) is 61.9 cm³/mol. The Morgan fingerprint density at radius 3 is 2.41 bits per heavy atom. The zero-order valence-corrected chi connectivity index (χ0v) is 10.0. The van der Waals surface area contributed by atoms with Gasteiger partial charge in [0.2, 0.25) is 5.91 Å². The molecule has 0 aliphatic rings. The molecule has 11 N–H and O–H groups in total. The quantitative estimate of drug-likeness (QED) is 0.150. The first-order chi connectivity index (χ1) is 7.84. The number of rotatable bonds is 7. The minimum Gasteiger partial charge on any atom is -0.368 e. The Morgan fingerprint density at radius 1 is 1.35 bits per heavy atom. The third-order valence-electron chi connectivity index (χ3n) is 2.21. The number of primary amides is 1. The van der Waals surface area contributed by atoms with Crippen molar-refractivity contribution in [3.05, 3.63) is 0 Å². The topological polar surface area (TPSA) is 166 Å². The number of guanidine groups is 1. The van der Waals surface area contributed by atoms with E-state index < -0.39 is 18.0 Å². The van der Waals surface area contributed by atoms with E-state index in [4.69, 9.17) is 17.2 Å². The zero-order valence-electron chi connectivity index (χ0n) is 10.0. The number of carbonyl (C=O) groups is 2. The molecule has 0 aliphatic carbocycles. The molecular formula is C9H22N6O2+2. The summed E-state index contributed by atoms with van der Waals surface area (Å²) in [6.45, 7) is 2.10. The van der Waals surface area contributed by atoms with Gasteiger partial charge in [-0.1, -0.05) is 0 Å². The Kier molecular flexibility index (Phi) is 6.64. The monoisotopic (exact) mass is 246 g/mol. The molecule has 0 aromatic carbocycles. The van der Waals surface area contributed by atoms with E-state index >= 15 is 0 Å². The fourth-order valence-electron chi connectivity index (χ4n) is 1.11. The van der Waals surface area contributed by atoms with Gasteiger partial charge < -0.3 is 16.8 Å². The molecule has 0 spiro atoms. The van der Waals surface area contributed by atoms with Gasteiger partial charge in [-0.2, -0.15) is 0 Å². The number of hydrogen-bond acceptors (Lipinski definition) is 2. The molecule has 0 heterocycles. The molecule has 98 valence electrons. The van der Waals surface area contributed by atoms with Crippen LogP contribution in [0.4, 0.5) is 0 Å². The number of nitrogens with one attached hydrogen (secondary N) is 2. The predicted octanol–water partition coefficient (Wildman–Crippen LogP) is -5.28. The van der Waals surface area contributed by atoms with Crippen LogP contribution < -0.4 is 33.2 Å². The van der Waals surface area contributed by atoms with E-state index in [1.807, 2.05) is 0 Å².